The van der Waals surface area contributed by atoms with Gasteiger partial charge in [-0.05, 0) is 43.9 Å². The molecule has 2 fully saturated rings. The van der Waals surface area contributed by atoms with Crippen molar-refractivity contribution in [1.82, 2.24) is 0 Å². The highest BCUT2D eigenvalue weighted by atomic mass is 79.9. The molecule has 3 rings (SSSR count). The van der Waals surface area contributed by atoms with E-state index in [1.54, 1.807) is 12.1 Å². The maximum absolute atomic E-state index is 13.6. The van der Waals surface area contributed by atoms with Gasteiger partial charge in [-0.25, -0.2) is 4.39 Å². The van der Waals surface area contributed by atoms with Crippen molar-refractivity contribution in [1.29, 1.82) is 0 Å². The predicted molar refractivity (Wildman–Crippen MR) is 79.5 cm³/mol. The molecule has 2 aliphatic rings. The molecule has 1 aromatic carbocycles. The van der Waals surface area contributed by atoms with Crippen LogP contribution in [0.1, 0.15) is 44.9 Å². The summed E-state index contributed by atoms with van der Waals surface area (Å²) < 4.78 is 26.3. The maximum atomic E-state index is 13.6. The standard InChI is InChI=1S/C16H20BrFO2/c17-12-4-5-14(18)15(10-12)19-11-13-6-9-16(20-13)7-2-1-3-8-16/h4-5,10,13H,1-3,6-9,11H2. The van der Waals surface area contributed by atoms with Gasteiger partial charge in [0.15, 0.2) is 11.6 Å². The SMILES string of the molecule is Fc1ccc(Br)cc1OCC1CCC2(CCCCC2)O1. The minimum atomic E-state index is -0.321. The van der Waals surface area contributed by atoms with Crippen molar-refractivity contribution in [2.75, 3.05) is 6.61 Å². The molecule has 1 heterocycles. The second-order valence-electron chi connectivity index (χ2n) is 5.91. The molecule has 1 atom stereocenters. The van der Waals surface area contributed by atoms with Gasteiger partial charge in [-0.3, -0.25) is 0 Å². The first-order valence-electron chi connectivity index (χ1n) is 7.43. The topological polar surface area (TPSA) is 18.5 Å². The number of ether oxygens (including phenoxy) is 2. The van der Waals surface area contributed by atoms with E-state index < -0.39 is 0 Å². The molecule has 0 amide bonds. The Kier molecular flexibility index (Phi) is 4.32. The summed E-state index contributed by atoms with van der Waals surface area (Å²) in [5.74, 6) is -0.0221. The van der Waals surface area contributed by atoms with E-state index in [0.717, 1.165) is 17.3 Å². The summed E-state index contributed by atoms with van der Waals surface area (Å²) in [6.07, 6.45) is 8.48. The first-order valence-corrected chi connectivity index (χ1v) is 8.22. The van der Waals surface area contributed by atoms with E-state index in [-0.39, 0.29) is 17.5 Å². The summed E-state index contributed by atoms with van der Waals surface area (Å²) in [4.78, 5) is 0. The van der Waals surface area contributed by atoms with Crippen LogP contribution >= 0.6 is 15.9 Å². The average molecular weight is 343 g/mol. The quantitative estimate of drug-likeness (QED) is 0.781. The van der Waals surface area contributed by atoms with Crippen LogP contribution < -0.4 is 4.74 Å². The number of hydrogen-bond donors (Lipinski definition) is 0. The van der Waals surface area contributed by atoms with Crippen LogP contribution in [0, 0.1) is 5.82 Å². The first-order chi connectivity index (χ1) is 9.67. The molecular weight excluding hydrogens is 323 g/mol. The second kappa shape index (κ2) is 6.02. The van der Waals surface area contributed by atoms with Crippen LogP contribution in [-0.2, 0) is 4.74 Å². The van der Waals surface area contributed by atoms with Gasteiger partial charge in [0.05, 0.1) is 11.7 Å². The summed E-state index contributed by atoms with van der Waals surface area (Å²) in [6.45, 7) is 0.440. The molecule has 1 saturated heterocycles. The number of hydrogen-bond acceptors (Lipinski definition) is 2. The van der Waals surface area contributed by atoms with Crippen LogP contribution in [0.5, 0.6) is 5.75 Å². The molecule has 1 spiro atoms. The first kappa shape index (κ1) is 14.3. The Morgan fingerprint density at radius 1 is 1.25 bits per heavy atom. The monoisotopic (exact) mass is 342 g/mol. The van der Waals surface area contributed by atoms with E-state index in [1.165, 1.54) is 38.2 Å². The predicted octanol–water partition coefficient (Wildman–Crippen LogP) is 4.85. The highest BCUT2D eigenvalue weighted by molar-refractivity contribution is 9.10. The molecule has 0 radical (unpaired) electrons. The largest absolute Gasteiger partial charge is 0.488 e. The Morgan fingerprint density at radius 3 is 2.85 bits per heavy atom. The van der Waals surface area contributed by atoms with Gasteiger partial charge in [0.25, 0.3) is 0 Å². The normalized spacial score (nSPS) is 25.0. The van der Waals surface area contributed by atoms with Gasteiger partial charge < -0.3 is 9.47 Å². The zero-order chi connectivity index (χ0) is 14.0. The maximum Gasteiger partial charge on any atom is 0.165 e. The van der Waals surface area contributed by atoms with E-state index in [2.05, 4.69) is 15.9 Å². The molecule has 110 valence electrons. The Morgan fingerprint density at radius 2 is 2.05 bits per heavy atom. The fourth-order valence-corrected chi connectivity index (χ4v) is 3.69. The molecule has 1 aliphatic carbocycles. The van der Waals surface area contributed by atoms with Crippen molar-refractivity contribution in [2.45, 2.75) is 56.7 Å². The molecule has 4 heteroatoms. The van der Waals surface area contributed by atoms with Gasteiger partial charge in [0.1, 0.15) is 6.61 Å². The van der Waals surface area contributed by atoms with Gasteiger partial charge in [0, 0.05) is 4.47 Å². The summed E-state index contributed by atoms with van der Waals surface area (Å²) in [5, 5.41) is 0. The van der Waals surface area contributed by atoms with Crippen molar-refractivity contribution in [3.8, 4) is 5.75 Å². The Balaban J connectivity index is 1.56. The van der Waals surface area contributed by atoms with E-state index in [9.17, 15) is 4.39 Å². The van der Waals surface area contributed by atoms with Crippen LogP contribution in [0.15, 0.2) is 22.7 Å². The van der Waals surface area contributed by atoms with Gasteiger partial charge in [-0.15, -0.1) is 0 Å². The molecular formula is C16H20BrFO2. The molecule has 0 aromatic heterocycles. The van der Waals surface area contributed by atoms with Gasteiger partial charge in [0.2, 0.25) is 0 Å². The molecule has 1 aromatic rings. The molecule has 0 N–H and O–H groups in total. The zero-order valence-electron chi connectivity index (χ0n) is 11.5. The van der Waals surface area contributed by atoms with Gasteiger partial charge >= 0.3 is 0 Å². The van der Waals surface area contributed by atoms with Crippen molar-refractivity contribution >= 4 is 15.9 Å². The van der Waals surface area contributed by atoms with E-state index >= 15 is 0 Å². The lowest BCUT2D eigenvalue weighted by Crippen LogP contribution is -2.32. The van der Waals surface area contributed by atoms with Crippen LogP contribution in [0.4, 0.5) is 4.39 Å². The minimum Gasteiger partial charge on any atom is -0.488 e. The summed E-state index contributed by atoms with van der Waals surface area (Å²) in [5.41, 5.74) is 0.0993. The zero-order valence-corrected chi connectivity index (χ0v) is 13.1. The smallest absolute Gasteiger partial charge is 0.165 e. The van der Waals surface area contributed by atoms with Crippen LogP contribution in [-0.4, -0.2) is 18.3 Å². The van der Waals surface area contributed by atoms with E-state index in [0.29, 0.717) is 12.4 Å². The number of rotatable bonds is 3. The fraction of sp³-hybridized carbons (Fsp3) is 0.625. The lowest BCUT2D eigenvalue weighted by molar-refractivity contribution is -0.0751. The lowest BCUT2D eigenvalue weighted by Gasteiger charge is -2.33. The molecule has 20 heavy (non-hydrogen) atoms. The minimum absolute atomic E-state index is 0.0993. The molecule has 0 bridgehead atoms. The highest BCUT2D eigenvalue weighted by Gasteiger charge is 2.40. The third kappa shape index (κ3) is 3.17. The molecule has 1 unspecified atom stereocenters. The Bertz CT molecular complexity index is 472. The third-order valence-electron chi connectivity index (χ3n) is 4.42. The van der Waals surface area contributed by atoms with Crippen molar-refractivity contribution in [3.05, 3.63) is 28.5 Å². The van der Waals surface area contributed by atoms with Crippen LogP contribution in [0.2, 0.25) is 0 Å². The second-order valence-corrected chi connectivity index (χ2v) is 6.82. The summed E-state index contributed by atoms with van der Waals surface area (Å²) >= 11 is 3.33. The van der Waals surface area contributed by atoms with Gasteiger partial charge in [-0.1, -0.05) is 35.2 Å². The van der Waals surface area contributed by atoms with E-state index in [4.69, 9.17) is 9.47 Å². The highest BCUT2D eigenvalue weighted by Crippen LogP contribution is 2.42. The van der Waals surface area contributed by atoms with Gasteiger partial charge in [-0.2, -0.15) is 0 Å². The lowest BCUT2D eigenvalue weighted by atomic mass is 9.83. The molecule has 1 saturated carbocycles. The van der Waals surface area contributed by atoms with E-state index in [1.807, 2.05) is 0 Å². The Hall–Kier alpha value is -0.610. The number of halogens is 2. The molecule has 1 aliphatic heterocycles. The third-order valence-corrected chi connectivity index (χ3v) is 4.91. The van der Waals surface area contributed by atoms with Crippen LogP contribution in [0.25, 0.3) is 0 Å². The summed E-state index contributed by atoms with van der Waals surface area (Å²) in [6, 6.07) is 4.75. The fourth-order valence-electron chi connectivity index (χ4n) is 3.35. The van der Waals surface area contributed by atoms with Crippen molar-refractivity contribution in [2.24, 2.45) is 0 Å². The van der Waals surface area contributed by atoms with Crippen molar-refractivity contribution < 1.29 is 13.9 Å². The Labute approximate surface area is 127 Å². The molecule has 2 nitrogen and oxygen atoms in total. The number of benzene rings is 1. The summed E-state index contributed by atoms with van der Waals surface area (Å²) in [7, 11) is 0. The average Bonchev–Trinajstić information content (AvgIpc) is 2.84. The van der Waals surface area contributed by atoms with Crippen LogP contribution in [0.3, 0.4) is 0 Å². The van der Waals surface area contributed by atoms with Crippen molar-refractivity contribution in [3.63, 3.8) is 0 Å².